The average molecular weight is 333 g/mol. The zero-order chi connectivity index (χ0) is 17.4. The molecule has 1 amide bonds. The number of aryl methyl sites for hydroxylation is 1. The van der Waals surface area contributed by atoms with Crippen molar-refractivity contribution in [3.8, 4) is 17.0 Å². The van der Waals surface area contributed by atoms with Crippen LogP contribution in [-0.2, 0) is 6.42 Å². The molecule has 0 radical (unpaired) electrons. The summed E-state index contributed by atoms with van der Waals surface area (Å²) >= 11 is 0. The number of hydrogen-bond donors (Lipinski definition) is 2. The molecular weight excluding hydrogens is 314 g/mol. The van der Waals surface area contributed by atoms with E-state index in [0.717, 1.165) is 34.6 Å². The summed E-state index contributed by atoms with van der Waals surface area (Å²) in [7, 11) is 1.64. The van der Waals surface area contributed by atoms with Gasteiger partial charge in [-0.25, -0.2) is 0 Å². The Morgan fingerprint density at radius 3 is 2.68 bits per heavy atom. The summed E-state index contributed by atoms with van der Waals surface area (Å²) in [4.78, 5) is 12.3. The largest absolute Gasteiger partial charge is 0.497 e. The molecule has 0 unspecified atom stereocenters. The fourth-order valence-electron chi connectivity index (χ4n) is 3.27. The lowest BCUT2D eigenvalue weighted by molar-refractivity contribution is 0.0955. The first-order valence-corrected chi connectivity index (χ1v) is 8.33. The predicted octanol–water partition coefficient (Wildman–Crippen LogP) is 3.48. The van der Waals surface area contributed by atoms with E-state index in [1.54, 1.807) is 7.11 Å². The predicted molar refractivity (Wildman–Crippen MR) is 95.7 cm³/mol. The Labute approximate surface area is 146 Å². The Morgan fingerprint density at radius 2 is 1.96 bits per heavy atom. The summed E-state index contributed by atoms with van der Waals surface area (Å²) in [5.41, 5.74) is 5.44. The highest BCUT2D eigenvalue weighted by molar-refractivity contribution is 6.00. The lowest BCUT2D eigenvalue weighted by Crippen LogP contribution is -2.21. The second-order valence-corrected chi connectivity index (χ2v) is 6.09. The standard InChI is InChI=1S/C20H19N3O2/c1-3-12-7-9-13(10-8-12)17-16-18(22-23-19(16)20(24)21-17)14-5-4-6-15(11-14)25-2/h4-11,17H,3H2,1-2H3,(H,21,24)(H,22,23)/t17-/m1/s1. The highest BCUT2D eigenvalue weighted by Gasteiger charge is 2.35. The monoisotopic (exact) mass is 333 g/mol. The van der Waals surface area contributed by atoms with E-state index >= 15 is 0 Å². The third-order valence-corrected chi connectivity index (χ3v) is 4.66. The van der Waals surface area contributed by atoms with Crippen LogP contribution in [0.1, 0.15) is 40.1 Å². The number of methoxy groups -OCH3 is 1. The Bertz CT molecular complexity index is 928. The quantitative estimate of drug-likeness (QED) is 0.768. The molecule has 1 aliphatic rings. The number of carbonyl (C=O) groups is 1. The second-order valence-electron chi connectivity index (χ2n) is 6.09. The van der Waals surface area contributed by atoms with Gasteiger partial charge < -0.3 is 10.1 Å². The molecule has 0 bridgehead atoms. The van der Waals surface area contributed by atoms with Gasteiger partial charge in [0.15, 0.2) is 0 Å². The Balaban J connectivity index is 1.80. The highest BCUT2D eigenvalue weighted by Crippen LogP contribution is 2.37. The molecule has 4 rings (SSSR count). The number of H-pyrrole nitrogens is 1. The van der Waals surface area contributed by atoms with Crippen LogP contribution >= 0.6 is 0 Å². The molecule has 25 heavy (non-hydrogen) atoms. The smallest absolute Gasteiger partial charge is 0.270 e. The summed E-state index contributed by atoms with van der Waals surface area (Å²) in [5.74, 6) is 0.636. The first-order valence-electron chi connectivity index (χ1n) is 8.33. The van der Waals surface area contributed by atoms with Crippen molar-refractivity contribution in [2.75, 3.05) is 7.11 Å². The number of benzene rings is 2. The normalized spacial score (nSPS) is 15.8. The van der Waals surface area contributed by atoms with Crippen molar-refractivity contribution < 1.29 is 9.53 Å². The SMILES string of the molecule is CCc1ccc([C@H]2NC(=O)c3[nH]nc(-c4cccc(OC)c4)c32)cc1. The van der Waals surface area contributed by atoms with Crippen LogP contribution in [0.25, 0.3) is 11.3 Å². The number of hydrogen-bond acceptors (Lipinski definition) is 3. The van der Waals surface area contributed by atoms with E-state index in [1.165, 1.54) is 5.56 Å². The van der Waals surface area contributed by atoms with E-state index in [4.69, 9.17) is 4.74 Å². The molecule has 0 aliphatic carbocycles. The molecule has 2 N–H and O–H groups in total. The lowest BCUT2D eigenvalue weighted by Gasteiger charge is -2.14. The molecule has 1 atom stereocenters. The van der Waals surface area contributed by atoms with E-state index in [9.17, 15) is 4.79 Å². The van der Waals surface area contributed by atoms with Crippen LogP contribution in [-0.4, -0.2) is 23.2 Å². The highest BCUT2D eigenvalue weighted by atomic mass is 16.5. The number of rotatable bonds is 4. The van der Waals surface area contributed by atoms with Gasteiger partial charge in [0, 0.05) is 11.1 Å². The molecule has 0 fully saturated rings. The van der Waals surface area contributed by atoms with Crippen molar-refractivity contribution in [3.05, 3.63) is 70.9 Å². The van der Waals surface area contributed by atoms with Gasteiger partial charge >= 0.3 is 0 Å². The maximum atomic E-state index is 12.3. The third-order valence-electron chi connectivity index (χ3n) is 4.66. The first-order chi connectivity index (χ1) is 12.2. The van der Waals surface area contributed by atoms with Crippen LogP contribution in [0.15, 0.2) is 48.5 Å². The number of carbonyl (C=O) groups excluding carboxylic acids is 1. The topological polar surface area (TPSA) is 67.0 Å². The summed E-state index contributed by atoms with van der Waals surface area (Å²) in [6.07, 6.45) is 0.989. The third kappa shape index (κ3) is 2.58. The van der Waals surface area contributed by atoms with Gasteiger partial charge in [0.2, 0.25) is 0 Å². The molecule has 3 aromatic rings. The van der Waals surface area contributed by atoms with Crippen LogP contribution in [0.5, 0.6) is 5.75 Å². The van der Waals surface area contributed by atoms with E-state index in [2.05, 4.69) is 46.7 Å². The van der Waals surface area contributed by atoms with Gasteiger partial charge in [0.05, 0.1) is 18.8 Å². The van der Waals surface area contributed by atoms with E-state index in [1.807, 2.05) is 24.3 Å². The molecular formula is C20H19N3O2. The van der Waals surface area contributed by atoms with Gasteiger partial charge in [-0.05, 0) is 29.7 Å². The van der Waals surface area contributed by atoms with Gasteiger partial charge in [0.25, 0.3) is 5.91 Å². The molecule has 5 heteroatoms. The Kier molecular flexibility index (Phi) is 3.76. The van der Waals surface area contributed by atoms with E-state index in [-0.39, 0.29) is 11.9 Å². The fraction of sp³-hybridized carbons (Fsp3) is 0.200. The zero-order valence-corrected chi connectivity index (χ0v) is 14.2. The minimum Gasteiger partial charge on any atom is -0.497 e. The molecule has 2 heterocycles. The molecule has 1 aromatic heterocycles. The second kappa shape index (κ2) is 6.09. The van der Waals surface area contributed by atoms with Crippen LogP contribution in [0, 0.1) is 0 Å². The maximum absolute atomic E-state index is 12.3. The van der Waals surface area contributed by atoms with Gasteiger partial charge in [-0.15, -0.1) is 0 Å². The van der Waals surface area contributed by atoms with Crippen LogP contribution in [0.4, 0.5) is 0 Å². The van der Waals surface area contributed by atoms with Crippen molar-refractivity contribution in [1.82, 2.24) is 15.5 Å². The number of amides is 1. The number of fused-ring (bicyclic) bond motifs is 1. The number of ether oxygens (including phenoxy) is 1. The van der Waals surface area contributed by atoms with E-state index in [0.29, 0.717) is 5.69 Å². The van der Waals surface area contributed by atoms with Gasteiger partial charge in [-0.1, -0.05) is 43.3 Å². The van der Waals surface area contributed by atoms with Crippen LogP contribution in [0.3, 0.4) is 0 Å². The minimum atomic E-state index is -0.201. The molecule has 0 spiro atoms. The molecule has 0 saturated heterocycles. The number of nitrogens with one attached hydrogen (secondary N) is 2. The van der Waals surface area contributed by atoms with Crippen molar-refractivity contribution in [1.29, 1.82) is 0 Å². The first kappa shape index (κ1) is 15.4. The van der Waals surface area contributed by atoms with Gasteiger partial charge in [0.1, 0.15) is 11.4 Å². The number of aromatic nitrogens is 2. The fourth-order valence-corrected chi connectivity index (χ4v) is 3.27. The van der Waals surface area contributed by atoms with Crippen molar-refractivity contribution in [2.45, 2.75) is 19.4 Å². The van der Waals surface area contributed by atoms with Crippen LogP contribution < -0.4 is 10.1 Å². The summed E-state index contributed by atoms with van der Waals surface area (Å²) in [5, 5.41) is 10.3. The Morgan fingerprint density at radius 1 is 1.16 bits per heavy atom. The van der Waals surface area contributed by atoms with Gasteiger partial charge in [-0.3, -0.25) is 9.89 Å². The van der Waals surface area contributed by atoms with Crippen LogP contribution in [0.2, 0.25) is 0 Å². The van der Waals surface area contributed by atoms with Crippen molar-refractivity contribution in [3.63, 3.8) is 0 Å². The number of nitrogens with zero attached hydrogens (tertiary/aromatic N) is 1. The lowest BCUT2D eigenvalue weighted by atomic mass is 9.96. The zero-order valence-electron chi connectivity index (χ0n) is 14.2. The van der Waals surface area contributed by atoms with Crippen molar-refractivity contribution in [2.24, 2.45) is 0 Å². The molecule has 126 valence electrons. The summed E-state index contributed by atoms with van der Waals surface area (Å²) in [6.45, 7) is 2.13. The maximum Gasteiger partial charge on any atom is 0.270 e. The minimum absolute atomic E-state index is 0.124. The average Bonchev–Trinajstić information content (AvgIpc) is 3.23. The number of aromatic amines is 1. The Hall–Kier alpha value is -3.08. The summed E-state index contributed by atoms with van der Waals surface area (Å²) < 4.78 is 5.31. The molecule has 1 aliphatic heterocycles. The molecule has 5 nitrogen and oxygen atoms in total. The van der Waals surface area contributed by atoms with Gasteiger partial charge in [-0.2, -0.15) is 5.10 Å². The summed E-state index contributed by atoms with van der Waals surface area (Å²) in [6, 6.07) is 15.9. The van der Waals surface area contributed by atoms with E-state index < -0.39 is 0 Å². The molecule has 0 saturated carbocycles. The van der Waals surface area contributed by atoms with Crippen molar-refractivity contribution >= 4 is 5.91 Å². The molecule has 2 aromatic carbocycles.